The molecule has 0 aliphatic heterocycles. The van der Waals surface area contributed by atoms with E-state index < -0.39 is 0 Å². The van der Waals surface area contributed by atoms with Crippen LogP contribution in [-0.4, -0.2) is 19.2 Å². The molecular weight excluding hydrogens is 376 g/mol. The first kappa shape index (κ1) is 18.3. The van der Waals surface area contributed by atoms with Gasteiger partial charge in [-0.3, -0.25) is 13.8 Å². The molecule has 0 N–H and O–H groups in total. The number of aromatic nitrogens is 4. The summed E-state index contributed by atoms with van der Waals surface area (Å²) in [6.07, 6.45) is 0. The van der Waals surface area contributed by atoms with Crippen LogP contribution in [0.3, 0.4) is 0 Å². The van der Waals surface area contributed by atoms with Gasteiger partial charge in [0.05, 0.1) is 5.52 Å². The number of hydrogen-bond donors (Lipinski definition) is 0. The Morgan fingerprint density at radius 3 is 2.78 bits per heavy atom. The average molecular weight is 399 g/mol. The second kappa shape index (κ2) is 7.13. The lowest BCUT2D eigenvalue weighted by Crippen LogP contribution is -2.24. The lowest BCUT2D eigenvalue weighted by Gasteiger charge is -2.11. The number of hydrogen-bond acceptors (Lipinski definition) is 5. The highest BCUT2D eigenvalue weighted by Gasteiger charge is 2.18. The van der Waals surface area contributed by atoms with Crippen LogP contribution in [0.25, 0.3) is 16.0 Å². The molecule has 0 aliphatic carbocycles. The maximum Gasteiger partial charge on any atom is 0.272 e. The first-order valence-corrected chi connectivity index (χ1v) is 10.9. The Kier molecular flexibility index (Phi) is 4.82. The molecule has 5 nitrogen and oxygen atoms in total. The third kappa shape index (κ3) is 3.30. The quantitative estimate of drug-likeness (QED) is 0.458. The van der Waals surface area contributed by atoms with Crippen LogP contribution in [0.4, 0.5) is 0 Å². The highest BCUT2D eigenvalue weighted by molar-refractivity contribution is 7.98. The number of benzene rings is 1. The first-order valence-electron chi connectivity index (χ1n) is 8.99. The van der Waals surface area contributed by atoms with Gasteiger partial charge in [-0.2, -0.15) is 0 Å². The second-order valence-corrected chi connectivity index (χ2v) is 9.14. The van der Waals surface area contributed by atoms with Gasteiger partial charge in [-0.1, -0.05) is 49.4 Å². The minimum Gasteiger partial charge on any atom is -0.275 e. The van der Waals surface area contributed by atoms with Crippen LogP contribution >= 0.6 is 23.1 Å². The molecule has 0 radical (unpaired) electrons. The van der Waals surface area contributed by atoms with Crippen LogP contribution < -0.4 is 5.56 Å². The van der Waals surface area contributed by atoms with E-state index in [0.717, 1.165) is 21.1 Å². The zero-order chi connectivity index (χ0) is 19.1. The van der Waals surface area contributed by atoms with E-state index in [1.54, 1.807) is 16.3 Å². The number of nitrogens with zero attached hydrogens (tertiary/aromatic N) is 4. The molecule has 0 amide bonds. The fraction of sp³-hybridized carbons (Fsp3) is 0.350. The first-order chi connectivity index (χ1) is 13.0. The Labute approximate surface area is 166 Å². The molecule has 1 aromatic carbocycles. The topological polar surface area (TPSA) is 52.2 Å². The van der Waals surface area contributed by atoms with E-state index in [9.17, 15) is 4.79 Å². The summed E-state index contributed by atoms with van der Waals surface area (Å²) in [5.41, 5.74) is 4.76. The summed E-state index contributed by atoms with van der Waals surface area (Å²) in [6.45, 7) is 9.09. The van der Waals surface area contributed by atoms with Gasteiger partial charge in [0.25, 0.3) is 5.56 Å². The molecule has 0 saturated heterocycles. The summed E-state index contributed by atoms with van der Waals surface area (Å²) in [7, 11) is 0. The van der Waals surface area contributed by atoms with E-state index in [1.807, 2.05) is 15.8 Å². The summed E-state index contributed by atoms with van der Waals surface area (Å²) in [4.78, 5) is 12.9. The van der Waals surface area contributed by atoms with Crippen molar-refractivity contribution in [3.8, 4) is 0 Å². The van der Waals surface area contributed by atoms with Gasteiger partial charge in [-0.25, -0.2) is 0 Å². The zero-order valence-corrected chi connectivity index (χ0v) is 17.5. The van der Waals surface area contributed by atoms with E-state index in [0.29, 0.717) is 18.2 Å². The molecule has 3 heterocycles. The van der Waals surface area contributed by atoms with Crippen LogP contribution in [0.2, 0.25) is 0 Å². The molecule has 4 aromatic rings. The number of fused-ring (bicyclic) bond motifs is 3. The molecule has 0 unspecified atom stereocenters. The third-order valence-electron chi connectivity index (χ3n) is 4.59. The predicted molar refractivity (Wildman–Crippen MR) is 113 cm³/mol. The Morgan fingerprint density at radius 2 is 2.00 bits per heavy atom. The lowest BCUT2D eigenvalue weighted by atomic mass is 10.1. The summed E-state index contributed by atoms with van der Waals surface area (Å²) in [5.74, 6) is 1.80. The van der Waals surface area contributed by atoms with Gasteiger partial charge in [0.2, 0.25) is 5.78 Å². The molecule has 0 bridgehead atoms. The summed E-state index contributed by atoms with van der Waals surface area (Å²) < 4.78 is 4.56. The molecule has 4 rings (SSSR count). The molecular formula is C20H22N4OS2. The van der Waals surface area contributed by atoms with Crippen LogP contribution in [-0.2, 0) is 12.3 Å². The van der Waals surface area contributed by atoms with Crippen molar-refractivity contribution >= 4 is 39.1 Å². The Balaban J connectivity index is 1.81. The molecule has 3 aromatic heterocycles. The predicted octanol–water partition coefficient (Wildman–Crippen LogP) is 4.67. The number of rotatable bonds is 5. The summed E-state index contributed by atoms with van der Waals surface area (Å²) >= 11 is 3.14. The normalized spacial score (nSPS) is 11.9. The minimum atomic E-state index is 0.0275. The molecule has 0 saturated carbocycles. The van der Waals surface area contributed by atoms with Gasteiger partial charge in [-0.15, -0.1) is 21.5 Å². The van der Waals surface area contributed by atoms with Crippen LogP contribution in [0.15, 0.2) is 39.6 Å². The SMILES string of the molecule is Cc1ccc(C)c(CSc2nnc3n(CC(C)C)c(=O)c4sccc4n23)c1. The molecule has 0 fully saturated rings. The largest absolute Gasteiger partial charge is 0.275 e. The smallest absolute Gasteiger partial charge is 0.272 e. The van der Waals surface area contributed by atoms with E-state index in [-0.39, 0.29) is 5.56 Å². The highest BCUT2D eigenvalue weighted by Crippen LogP contribution is 2.27. The standard InChI is InChI=1S/C20H22N4OS2/c1-12(2)10-23-18(25)17-16(7-8-26-17)24-19(23)21-22-20(24)27-11-15-9-13(3)5-6-14(15)4/h5-9,12H,10-11H2,1-4H3. The maximum atomic E-state index is 12.9. The summed E-state index contributed by atoms with van der Waals surface area (Å²) in [5, 5.41) is 11.6. The van der Waals surface area contributed by atoms with Gasteiger partial charge in [0, 0.05) is 12.3 Å². The van der Waals surface area contributed by atoms with Crippen molar-refractivity contribution in [3.05, 3.63) is 56.7 Å². The monoisotopic (exact) mass is 398 g/mol. The van der Waals surface area contributed by atoms with E-state index in [2.05, 4.69) is 56.1 Å². The molecule has 140 valence electrons. The van der Waals surface area contributed by atoms with Crippen molar-refractivity contribution in [1.82, 2.24) is 19.2 Å². The molecule has 0 atom stereocenters. The van der Waals surface area contributed by atoms with Crippen molar-refractivity contribution in [2.75, 3.05) is 0 Å². The lowest BCUT2D eigenvalue weighted by molar-refractivity contribution is 0.517. The van der Waals surface area contributed by atoms with Crippen molar-refractivity contribution < 1.29 is 0 Å². The number of thiophene rings is 1. The third-order valence-corrected chi connectivity index (χ3v) is 6.46. The van der Waals surface area contributed by atoms with Gasteiger partial charge < -0.3 is 0 Å². The number of thioether (sulfide) groups is 1. The van der Waals surface area contributed by atoms with Crippen LogP contribution in [0.1, 0.15) is 30.5 Å². The van der Waals surface area contributed by atoms with Crippen molar-refractivity contribution in [2.45, 2.75) is 45.1 Å². The fourth-order valence-electron chi connectivity index (χ4n) is 3.22. The van der Waals surface area contributed by atoms with Gasteiger partial charge in [-0.05, 0) is 42.3 Å². The Bertz CT molecular complexity index is 1190. The zero-order valence-electron chi connectivity index (χ0n) is 15.9. The van der Waals surface area contributed by atoms with Gasteiger partial charge in [0.15, 0.2) is 5.16 Å². The van der Waals surface area contributed by atoms with E-state index in [4.69, 9.17) is 0 Å². The van der Waals surface area contributed by atoms with Crippen molar-refractivity contribution in [2.24, 2.45) is 5.92 Å². The van der Waals surface area contributed by atoms with Crippen LogP contribution in [0, 0.1) is 19.8 Å². The summed E-state index contributed by atoms with van der Waals surface area (Å²) in [6, 6.07) is 8.50. The molecule has 27 heavy (non-hydrogen) atoms. The Morgan fingerprint density at radius 1 is 1.19 bits per heavy atom. The van der Waals surface area contributed by atoms with Crippen molar-refractivity contribution in [3.63, 3.8) is 0 Å². The van der Waals surface area contributed by atoms with Crippen molar-refractivity contribution in [1.29, 1.82) is 0 Å². The maximum absolute atomic E-state index is 12.9. The minimum absolute atomic E-state index is 0.0275. The number of aryl methyl sites for hydroxylation is 2. The van der Waals surface area contributed by atoms with E-state index >= 15 is 0 Å². The second-order valence-electron chi connectivity index (χ2n) is 7.28. The van der Waals surface area contributed by atoms with Gasteiger partial charge in [0.1, 0.15) is 4.70 Å². The molecule has 7 heteroatoms. The molecule has 0 aliphatic rings. The van der Waals surface area contributed by atoms with E-state index in [1.165, 1.54) is 28.0 Å². The fourth-order valence-corrected chi connectivity index (χ4v) is 5.05. The highest BCUT2D eigenvalue weighted by atomic mass is 32.2. The molecule has 0 spiro atoms. The van der Waals surface area contributed by atoms with Gasteiger partial charge >= 0.3 is 0 Å². The average Bonchev–Trinajstić information content (AvgIpc) is 3.25. The Hall–Kier alpha value is -2.12. The van der Waals surface area contributed by atoms with Crippen LogP contribution in [0.5, 0.6) is 0 Å².